The second kappa shape index (κ2) is 13.3. The molecule has 1 atom stereocenters. The van der Waals surface area contributed by atoms with E-state index in [1.807, 2.05) is 30.3 Å². The SMILES string of the molecule is CCCCCC(COCCOCCOP(=O)(O)O)Oc1ccccc1. The molecule has 1 unspecified atom stereocenters. The van der Waals surface area contributed by atoms with Crippen LogP contribution in [0.4, 0.5) is 0 Å². The summed E-state index contributed by atoms with van der Waals surface area (Å²) in [5.74, 6) is 0.832. The minimum atomic E-state index is -4.42. The van der Waals surface area contributed by atoms with Gasteiger partial charge in [0.05, 0.1) is 33.0 Å². The lowest BCUT2D eigenvalue weighted by molar-refractivity contribution is 0.00224. The second-order valence-corrected chi connectivity index (χ2v) is 6.80. The van der Waals surface area contributed by atoms with Gasteiger partial charge in [-0.2, -0.15) is 0 Å². The van der Waals surface area contributed by atoms with E-state index in [1.165, 1.54) is 0 Å². The smallest absolute Gasteiger partial charge is 0.469 e. The van der Waals surface area contributed by atoms with E-state index < -0.39 is 7.82 Å². The number of phosphoric acid groups is 1. The van der Waals surface area contributed by atoms with Crippen molar-refractivity contribution in [2.24, 2.45) is 0 Å². The first-order valence-electron chi connectivity index (χ1n) is 8.58. The summed E-state index contributed by atoms with van der Waals surface area (Å²) < 4.78 is 31.5. The number of para-hydroxylation sites is 1. The Bertz CT molecular complexity index is 477. The Kier molecular flexibility index (Phi) is 11.7. The first kappa shape index (κ1) is 22.1. The molecule has 25 heavy (non-hydrogen) atoms. The molecule has 0 amide bonds. The highest BCUT2D eigenvalue weighted by molar-refractivity contribution is 7.46. The number of ether oxygens (including phenoxy) is 3. The van der Waals surface area contributed by atoms with Crippen molar-refractivity contribution in [1.29, 1.82) is 0 Å². The van der Waals surface area contributed by atoms with Crippen molar-refractivity contribution in [3.63, 3.8) is 0 Å². The summed E-state index contributed by atoms with van der Waals surface area (Å²) in [6, 6.07) is 9.68. The Morgan fingerprint density at radius 3 is 2.36 bits per heavy atom. The lowest BCUT2D eigenvalue weighted by atomic mass is 10.1. The number of unbranched alkanes of at least 4 members (excludes halogenated alkanes) is 2. The fraction of sp³-hybridized carbons (Fsp3) is 0.647. The fourth-order valence-corrected chi connectivity index (χ4v) is 2.45. The third-order valence-electron chi connectivity index (χ3n) is 3.34. The van der Waals surface area contributed by atoms with Crippen molar-refractivity contribution >= 4 is 7.82 Å². The fourth-order valence-electron chi connectivity index (χ4n) is 2.14. The van der Waals surface area contributed by atoms with Gasteiger partial charge in [-0.1, -0.05) is 38.0 Å². The number of phosphoric ester groups is 1. The molecule has 0 aliphatic carbocycles. The topological polar surface area (TPSA) is 94.5 Å². The Morgan fingerprint density at radius 2 is 1.68 bits per heavy atom. The Morgan fingerprint density at radius 1 is 1.00 bits per heavy atom. The Hall–Kier alpha value is -0.950. The van der Waals surface area contributed by atoms with E-state index in [0.717, 1.165) is 31.4 Å². The van der Waals surface area contributed by atoms with E-state index >= 15 is 0 Å². The molecule has 144 valence electrons. The highest BCUT2D eigenvalue weighted by Gasteiger charge is 2.13. The van der Waals surface area contributed by atoms with E-state index in [9.17, 15) is 4.57 Å². The predicted octanol–water partition coefficient (Wildman–Crippen LogP) is 3.16. The zero-order valence-electron chi connectivity index (χ0n) is 14.7. The highest BCUT2D eigenvalue weighted by Crippen LogP contribution is 2.35. The molecular weight excluding hydrogens is 347 g/mol. The highest BCUT2D eigenvalue weighted by atomic mass is 31.2. The number of benzene rings is 1. The van der Waals surface area contributed by atoms with Crippen molar-refractivity contribution in [1.82, 2.24) is 0 Å². The summed E-state index contributed by atoms with van der Waals surface area (Å²) in [4.78, 5) is 17.0. The van der Waals surface area contributed by atoms with E-state index in [2.05, 4.69) is 11.4 Å². The molecule has 1 aromatic carbocycles. The van der Waals surface area contributed by atoms with Crippen LogP contribution in [0.3, 0.4) is 0 Å². The van der Waals surface area contributed by atoms with Gasteiger partial charge in [-0.15, -0.1) is 0 Å². The average molecular weight is 376 g/mol. The van der Waals surface area contributed by atoms with Crippen LogP contribution in [0.2, 0.25) is 0 Å². The van der Waals surface area contributed by atoms with Gasteiger partial charge < -0.3 is 24.0 Å². The van der Waals surface area contributed by atoms with Crippen LogP contribution >= 0.6 is 7.82 Å². The molecule has 0 aliphatic heterocycles. The van der Waals surface area contributed by atoms with Crippen LogP contribution in [0.25, 0.3) is 0 Å². The predicted molar refractivity (Wildman–Crippen MR) is 94.6 cm³/mol. The number of rotatable bonds is 15. The minimum Gasteiger partial charge on any atom is -0.488 e. The summed E-state index contributed by atoms with van der Waals surface area (Å²) in [5.41, 5.74) is 0. The number of hydrogen-bond acceptors (Lipinski definition) is 5. The summed E-state index contributed by atoms with van der Waals surface area (Å²) in [5, 5.41) is 0. The third-order valence-corrected chi connectivity index (χ3v) is 3.86. The standard InChI is InChI=1S/C17H29O7P/c1-2-3-5-10-17(24-16-8-6-4-7-9-16)15-22-12-11-21-13-14-23-25(18,19)20/h4,6-9,17H,2-3,5,10-15H2,1H3,(H2,18,19,20). The molecule has 1 rings (SSSR count). The molecule has 0 saturated carbocycles. The normalized spacial score (nSPS) is 12.9. The van der Waals surface area contributed by atoms with E-state index in [1.54, 1.807) is 0 Å². The van der Waals surface area contributed by atoms with Gasteiger partial charge in [0, 0.05) is 0 Å². The molecule has 2 N–H and O–H groups in total. The second-order valence-electron chi connectivity index (χ2n) is 5.56. The van der Waals surface area contributed by atoms with Gasteiger partial charge in [0.2, 0.25) is 0 Å². The van der Waals surface area contributed by atoms with Crippen LogP contribution in [0, 0.1) is 0 Å². The van der Waals surface area contributed by atoms with Crippen molar-refractivity contribution in [2.45, 2.75) is 38.7 Å². The quantitative estimate of drug-likeness (QED) is 0.359. The monoisotopic (exact) mass is 376 g/mol. The summed E-state index contributed by atoms with van der Waals surface area (Å²) in [6.45, 7) is 3.31. The zero-order chi connectivity index (χ0) is 18.4. The Balaban J connectivity index is 2.17. The van der Waals surface area contributed by atoms with Crippen molar-refractivity contribution in [3.8, 4) is 5.75 Å². The first-order valence-corrected chi connectivity index (χ1v) is 10.1. The average Bonchev–Trinajstić information content (AvgIpc) is 2.57. The van der Waals surface area contributed by atoms with Crippen LogP contribution in [0.5, 0.6) is 5.75 Å². The maximum Gasteiger partial charge on any atom is 0.469 e. The summed E-state index contributed by atoms with van der Waals surface area (Å²) >= 11 is 0. The van der Waals surface area contributed by atoms with Crippen LogP contribution in [-0.4, -0.2) is 48.9 Å². The molecule has 0 aromatic heterocycles. The van der Waals surface area contributed by atoms with Crippen LogP contribution in [0.15, 0.2) is 30.3 Å². The molecule has 1 aromatic rings. The Labute approximate surface area is 149 Å². The van der Waals surface area contributed by atoms with E-state index in [0.29, 0.717) is 19.8 Å². The van der Waals surface area contributed by atoms with Crippen molar-refractivity contribution < 1.29 is 33.1 Å². The molecule has 0 bridgehead atoms. The molecule has 0 aliphatic rings. The van der Waals surface area contributed by atoms with Crippen molar-refractivity contribution in [3.05, 3.63) is 30.3 Å². The van der Waals surface area contributed by atoms with E-state index in [4.69, 9.17) is 24.0 Å². The van der Waals surface area contributed by atoms with Gasteiger partial charge >= 0.3 is 7.82 Å². The van der Waals surface area contributed by atoms with Gasteiger partial charge in [-0.25, -0.2) is 4.57 Å². The molecule has 0 spiro atoms. The molecule has 0 fully saturated rings. The largest absolute Gasteiger partial charge is 0.488 e. The molecule has 0 radical (unpaired) electrons. The maximum absolute atomic E-state index is 10.5. The van der Waals surface area contributed by atoms with Crippen LogP contribution in [-0.2, 0) is 18.6 Å². The van der Waals surface area contributed by atoms with E-state index in [-0.39, 0.29) is 19.3 Å². The number of hydrogen-bond donors (Lipinski definition) is 2. The molecule has 0 saturated heterocycles. The van der Waals surface area contributed by atoms with Crippen molar-refractivity contribution in [2.75, 3.05) is 33.0 Å². The van der Waals surface area contributed by atoms with Gasteiger partial charge in [-0.05, 0) is 25.0 Å². The third kappa shape index (κ3) is 13.0. The molecule has 0 heterocycles. The van der Waals surface area contributed by atoms with Crippen LogP contribution < -0.4 is 4.74 Å². The van der Waals surface area contributed by atoms with Gasteiger partial charge in [0.15, 0.2) is 0 Å². The van der Waals surface area contributed by atoms with Gasteiger partial charge in [-0.3, -0.25) is 4.52 Å². The molecule has 7 nitrogen and oxygen atoms in total. The lowest BCUT2D eigenvalue weighted by Gasteiger charge is -2.19. The lowest BCUT2D eigenvalue weighted by Crippen LogP contribution is -2.24. The zero-order valence-corrected chi connectivity index (χ0v) is 15.6. The minimum absolute atomic E-state index is 0.00746. The first-order chi connectivity index (χ1) is 12.0. The summed E-state index contributed by atoms with van der Waals surface area (Å²) in [7, 11) is -4.42. The van der Waals surface area contributed by atoms with Gasteiger partial charge in [0.25, 0.3) is 0 Å². The van der Waals surface area contributed by atoms with Crippen LogP contribution in [0.1, 0.15) is 32.6 Å². The molecule has 8 heteroatoms. The van der Waals surface area contributed by atoms with Gasteiger partial charge in [0.1, 0.15) is 11.9 Å². The molecular formula is C17H29O7P. The maximum atomic E-state index is 10.5. The summed E-state index contributed by atoms with van der Waals surface area (Å²) in [6.07, 6.45) is 4.33.